The number of aliphatic imine (C=N–C) groups is 1. The van der Waals surface area contributed by atoms with Gasteiger partial charge >= 0.3 is 0 Å². The maximum absolute atomic E-state index is 4.85. The van der Waals surface area contributed by atoms with Gasteiger partial charge in [0.1, 0.15) is 0 Å². The Hall–Kier alpha value is -2.04. The first-order chi connectivity index (χ1) is 11.8. The summed E-state index contributed by atoms with van der Waals surface area (Å²) in [5.41, 5.74) is 2.27. The van der Waals surface area contributed by atoms with E-state index in [-0.39, 0.29) is 0 Å². The largest absolute Gasteiger partial charge is 0.357 e. The van der Waals surface area contributed by atoms with Gasteiger partial charge in [-0.2, -0.15) is 0 Å². The second-order valence-electron chi connectivity index (χ2n) is 6.71. The quantitative estimate of drug-likeness (QED) is 0.521. The number of aryl methyl sites for hydroxylation is 1. The molecule has 5 nitrogen and oxygen atoms in total. The van der Waals surface area contributed by atoms with Crippen LogP contribution in [-0.4, -0.2) is 46.6 Å². The molecular formula is C19H29N5. The molecule has 1 saturated heterocycles. The van der Waals surface area contributed by atoms with Crippen LogP contribution in [0.25, 0.3) is 11.0 Å². The minimum absolute atomic E-state index is 0.764. The first-order valence-corrected chi connectivity index (χ1v) is 9.21. The molecule has 0 bridgehead atoms. The Morgan fingerprint density at radius 2 is 2.25 bits per heavy atom. The number of piperidine rings is 1. The highest BCUT2D eigenvalue weighted by atomic mass is 15.3. The summed E-state index contributed by atoms with van der Waals surface area (Å²) in [5.74, 6) is 1.85. The van der Waals surface area contributed by atoms with Gasteiger partial charge in [-0.15, -0.1) is 0 Å². The van der Waals surface area contributed by atoms with Crippen molar-refractivity contribution in [2.75, 3.05) is 26.2 Å². The predicted octanol–water partition coefficient (Wildman–Crippen LogP) is 3.12. The third kappa shape index (κ3) is 4.08. The van der Waals surface area contributed by atoms with Crippen LogP contribution in [0.5, 0.6) is 0 Å². The fourth-order valence-electron chi connectivity index (χ4n) is 3.42. The number of aromatic nitrogens is 2. The van der Waals surface area contributed by atoms with Crippen molar-refractivity contribution >= 4 is 17.0 Å². The molecule has 5 heteroatoms. The summed E-state index contributed by atoms with van der Waals surface area (Å²) in [6.45, 7) is 9.45. The van der Waals surface area contributed by atoms with Crippen molar-refractivity contribution in [3.8, 4) is 0 Å². The minimum atomic E-state index is 0.764. The Bertz CT molecular complexity index is 675. The number of hydrogen-bond donors (Lipinski definition) is 1. The lowest BCUT2D eigenvalue weighted by Crippen LogP contribution is -2.46. The highest BCUT2D eigenvalue weighted by Gasteiger charge is 2.18. The number of nitrogens with one attached hydrogen (secondary N) is 1. The third-order valence-corrected chi connectivity index (χ3v) is 4.64. The zero-order valence-electron chi connectivity index (χ0n) is 14.9. The maximum Gasteiger partial charge on any atom is 0.193 e. The van der Waals surface area contributed by atoms with Crippen LogP contribution in [0.1, 0.15) is 33.1 Å². The summed E-state index contributed by atoms with van der Waals surface area (Å²) in [5, 5.41) is 3.45. The molecule has 0 saturated carbocycles. The normalized spacial score (nSPS) is 19.0. The molecule has 2 heterocycles. The molecule has 1 N–H and O–H groups in total. The first-order valence-electron chi connectivity index (χ1n) is 9.21. The zero-order chi connectivity index (χ0) is 16.8. The summed E-state index contributed by atoms with van der Waals surface area (Å²) < 4.78 is 2.22. The molecule has 0 radical (unpaired) electrons. The molecule has 130 valence electrons. The van der Waals surface area contributed by atoms with Gasteiger partial charge in [0.05, 0.1) is 17.4 Å². The Morgan fingerprint density at radius 3 is 3.08 bits per heavy atom. The maximum atomic E-state index is 4.85. The van der Waals surface area contributed by atoms with Gasteiger partial charge in [-0.1, -0.05) is 19.1 Å². The summed E-state index contributed by atoms with van der Waals surface area (Å²) in [7, 11) is 0. The van der Waals surface area contributed by atoms with Crippen molar-refractivity contribution in [3.05, 3.63) is 30.6 Å². The van der Waals surface area contributed by atoms with Crippen LogP contribution in [0.3, 0.4) is 0 Å². The molecular weight excluding hydrogens is 298 g/mol. The van der Waals surface area contributed by atoms with Gasteiger partial charge in [-0.05, 0) is 44.2 Å². The molecule has 1 aliphatic heterocycles. The standard InChI is InChI=1S/C19H29N5/c1-3-20-19(23-12-6-8-16(2)14-23)21-11-7-13-24-15-22-17-9-4-5-10-18(17)24/h4-5,9-10,15-16H,3,6-8,11-14H2,1-2H3,(H,20,21). The smallest absolute Gasteiger partial charge is 0.193 e. The molecule has 1 unspecified atom stereocenters. The fourth-order valence-corrected chi connectivity index (χ4v) is 3.42. The number of imidazole rings is 1. The van der Waals surface area contributed by atoms with E-state index in [1.165, 1.54) is 18.4 Å². The zero-order valence-corrected chi connectivity index (χ0v) is 14.9. The highest BCUT2D eigenvalue weighted by molar-refractivity contribution is 5.80. The highest BCUT2D eigenvalue weighted by Crippen LogP contribution is 2.15. The van der Waals surface area contributed by atoms with Crippen LogP contribution < -0.4 is 5.32 Å². The third-order valence-electron chi connectivity index (χ3n) is 4.64. The van der Waals surface area contributed by atoms with E-state index in [1.54, 1.807) is 0 Å². The lowest BCUT2D eigenvalue weighted by Gasteiger charge is -2.33. The summed E-state index contributed by atoms with van der Waals surface area (Å²) in [6.07, 6.45) is 5.57. The minimum Gasteiger partial charge on any atom is -0.357 e. The van der Waals surface area contributed by atoms with Crippen LogP contribution in [0.2, 0.25) is 0 Å². The lowest BCUT2D eigenvalue weighted by molar-refractivity contribution is 0.266. The van der Waals surface area contributed by atoms with Crippen LogP contribution in [0.4, 0.5) is 0 Å². The van der Waals surface area contributed by atoms with E-state index in [0.29, 0.717) is 0 Å². The number of para-hydroxylation sites is 2. The van der Waals surface area contributed by atoms with E-state index < -0.39 is 0 Å². The Balaban J connectivity index is 1.56. The molecule has 1 fully saturated rings. The molecule has 1 aromatic carbocycles. The van der Waals surface area contributed by atoms with Gasteiger partial charge in [-0.25, -0.2) is 4.98 Å². The molecule has 2 aromatic rings. The fraction of sp³-hybridized carbons (Fsp3) is 0.579. The first kappa shape index (κ1) is 16.8. The Labute approximate surface area is 144 Å². The van der Waals surface area contributed by atoms with Crippen LogP contribution in [-0.2, 0) is 6.54 Å². The van der Waals surface area contributed by atoms with Crippen molar-refractivity contribution < 1.29 is 0 Å². The number of guanidine groups is 1. The molecule has 0 amide bonds. The lowest BCUT2D eigenvalue weighted by atomic mass is 10.0. The van der Waals surface area contributed by atoms with E-state index in [2.05, 4.69) is 51.8 Å². The molecule has 0 aliphatic carbocycles. The van der Waals surface area contributed by atoms with E-state index in [0.717, 1.165) is 56.5 Å². The molecule has 0 spiro atoms. The van der Waals surface area contributed by atoms with E-state index in [4.69, 9.17) is 4.99 Å². The number of rotatable bonds is 5. The Morgan fingerprint density at radius 1 is 1.38 bits per heavy atom. The average Bonchev–Trinajstić information content (AvgIpc) is 3.01. The van der Waals surface area contributed by atoms with Crippen LogP contribution in [0, 0.1) is 5.92 Å². The van der Waals surface area contributed by atoms with Gasteiger partial charge in [-0.3, -0.25) is 4.99 Å². The van der Waals surface area contributed by atoms with Crippen LogP contribution >= 0.6 is 0 Å². The van der Waals surface area contributed by atoms with Gasteiger partial charge in [0, 0.05) is 32.7 Å². The van der Waals surface area contributed by atoms with E-state index in [9.17, 15) is 0 Å². The molecule has 3 rings (SSSR count). The van der Waals surface area contributed by atoms with Gasteiger partial charge in [0.25, 0.3) is 0 Å². The number of nitrogens with zero attached hydrogens (tertiary/aromatic N) is 4. The van der Waals surface area contributed by atoms with E-state index in [1.807, 2.05) is 12.4 Å². The monoisotopic (exact) mass is 327 g/mol. The number of hydrogen-bond acceptors (Lipinski definition) is 2. The van der Waals surface area contributed by atoms with Crippen molar-refractivity contribution in [2.45, 2.75) is 39.7 Å². The SMILES string of the molecule is CCNC(=NCCCn1cnc2ccccc21)N1CCCC(C)C1. The van der Waals surface area contributed by atoms with E-state index >= 15 is 0 Å². The topological polar surface area (TPSA) is 45.5 Å². The second kappa shape index (κ2) is 8.18. The van der Waals surface area contributed by atoms with Gasteiger partial charge in [0.2, 0.25) is 0 Å². The molecule has 24 heavy (non-hydrogen) atoms. The molecule has 1 aromatic heterocycles. The van der Waals surface area contributed by atoms with Gasteiger partial charge < -0.3 is 14.8 Å². The Kier molecular flexibility index (Phi) is 5.72. The van der Waals surface area contributed by atoms with Crippen molar-refractivity contribution in [1.82, 2.24) is 19.8 Å². The second-order valence-corrected chi connectivity index (χ2v) is 6.71. The molecule has 1 atom stereocenters. The molecule has 1 aliphatic rings. The number of benzene rings is 1. The average molecular weight is 327 g/mol. The van der Waals surface area contributed by atoms with Crippen molar-refractivity contribution in [1.29, 1.82) is 0 Å². The van der Waals surface area contributed by atoms with Crippen molar-refractivity contribution in [3.63, 3.8) is 0 Å². The van der Waals surface area contributed by atoms with Crippen LogP contribution in [0.15, 0.2) is 35.6 Å². The van der Waals surface area contributed by atoms with Gasteiger partial charge in [0.15, 0.2) is 5.96 Å². The predicted molar refractivity (Wildman–Crippen MR) is 100 cm³/mol. The van der Waals surface area contributed by atoms with Crippen molar-refractivity contribution in [2.24, 2.45) is 10.9 Å². The number of likely N-dealkylation sites (tertiary alicyclic amines) is 1. The summed E-state index contributed by atoms with van der Waals surface area (Å²) in [6, 6.07) is 8.29. The summed E-state index contributed by atoms with van der Waals surface area (Å²) in [4.78, 5) is 11.7. The number of fused-ring (bicyclic) bond motifs is 1. The summed E-state index contributed by atoms with van der Waals surface area (Å²) >= 11 is 0.